The lowest BCUT2D eigenvalue weighted by Crippen LogP contribution is -2.44. The first-order valence-electron chi connectivity index (χ1n) is 8.75. The van der Waals surface area contributed by atoms with E-state index in [1.807, 2.05) is 9.80 Å². The Morgan fingerprint density at radius 2 is 1.96 bits per heavy atom. The second-order valence-corrected chi connectivity index (χ2v) is 8.13. The molecule has 5 heteroatoms. The Labute approximate surface area is 148 Å². The molecular weight excluding hydrogens is 320 g/mol. The third kappa shape index (κ3) is 3.77. The first-order chi connectivity index (χ1) is 11.5. The second-order valence-electron chi connectivity index (χ2n) is 7.06. The largest absolute Gasteiger partial charge is 0.338 e. The van der Waals surface area contributed by atoms with Crippen LogP contribution in [0.1, 0.15) is 43.2 Å². The lowest BCUT2D eigenvalue weighted by molar-refractivity contribution is -0.136. The Morgan fingerprint density at radius 1 is 1.29 bits per heavy atom. The quantitative estimate of drug-likeness (QED) is 0.794. The zero-order chi connectivity index (χ0) is 17.3. The molecule has 2 amide bonds. The average Bonchev–Trinajstić information content (AvgIpc) is 3.33. The fourth-order valence-corrected chi connectivity index (χ4v) is 4.33. The van der Waals surface area contributed by atoms with Crippen molar-refractivity contribution in [3.63, 3.8) is 0 Å². The fraction of sp³-hybridized carbons (Fsp3) is 0.579. The molecule has 1 saturated heterocycles. The van der Waals surface area contributed by atoms with Crippen LogP contribution in [0.3, 0.4) is 0 Å². The Morgan fingerprint density at radius 3 is 2.54 bits per heavy atom. The molecule has 1 heterocycles. The number of carbonyl (C=O) groups excluding carboxylic acids is 2. The molecular formula is C19H26N2O2S. The van der Waals surface area contributed by atoms with E-state index in [4.69, 9.17) is 0 Å². The van der Waals surface area contributed by atoms with Gasteiger partial charge in [0.1, 0.15) is 5.37 Å². The van der Waals surface area contributed by atoms with Gasteiger partial charge in [0.25, 0.3) is 0 Å². The molecule has 0 radical (unpaired) electrons. The van der Waals surface area contributed by atoms with Gasteiger partial charge in [0, 0.05) is 25.0 Å². The van der Waals surface area contributed by atoms with Crippen molar-refractivity contribution in [3.8, 4) is 0 Å². The van der Waals surface area contributed by atoms with E-state index < -0.39 is 0 Å². The first-order valence-corrected chi connectivity index (χ1v) is 9.80. The molecule has 1 unspecified atom stereocenters. The van der Waals surface area contributed by atoms with E-state index in [9.17, 15) is 9.59 Å². The molecule has 2 fully saturated rings. The van der Waals surface area contributed by atoms with Crippen molar-refractivity contribution in [1.82, 2.24) is 9.80 Å². The predicted molar refractivity (Wildman–Crippen MR) is 97.7 cm³/mol. The van der Waals surface area contributed by atoms with Gasteiger partial charge in [0.05, 0.1) is 5.75 Å². The van der Waals surface area contributed by atoms with Gasteiger partial charge in [-0.05, 0) is 39.2 Å². The molecule has 1 aromatic rings. The number of carbonyl (C=O) groups is 2. The molecule has 1 saturated carbocycles. The lowest BCUT2D eigenvalue weighted by Gasteiger charge is -2.31. The van der Waals surface area contributed by atoms with Gasteiger partial charge in [-0.15, -0.1) is 11.8 Å². The van der Waals surface area contributed by atoms with Gasteiger partial charge in [0.15, 0.2) is 0 Å². The summed E-state index contributed by atoms with van der Waals surface area (Å²) in [6.07, 6.45) is 2.04. The Hall–Kier alpha value is -1.49. The molecule has 1 atom stereocenters. The fourth-order valence-electron chi connectivity index (χ4n) is 3.11. The van der Waals surface area contributed by atoms with Gasteiger partial charge < -0.3 is 9.80 Å². The van der Waals surface area contributed by atoms with Crippen molar-refractivity contribution in [3.05, 3.63) is 35.4 Å². The number of benzene rings is 1. The minimum Gasteiger partial charge on any atom is -0.338 e. The normalized spacial score (nSPS) is 20.8. The van der Waals surface area contributed by atoms with Crippen LogP contribution < -0.4 is 0 Å². The van der Waals surface area contributed by atoms with Crippen LogP contribution in [-0.2, 0) is 9.59 Å². The molecule has 0 N–H and O–H groups in total. The third-order valence-electron chi connectivity index (χ3n) is 4.75. The van der Waals surface area contributed by atoms with Gasteiger partial charge in [-0.1, -0.05) is 29.8 Å². The molecule has 0 bridgehead atoms. The summed E-state index contributed by atoms with van der Waals surface area (Å²) in [5.74, 6) is 1.19. The van der Waals surface area contributed by atoms with Gasteiger partial charge in [-0.25, -0.2) is 0 Å². The zero-order valence-corrected chi connectivity index (χ0v) is 15.5. The number of nitrogens with zero attached hydrogens (tertiary/aromatic N) is 2. The number of rotatable bonds is 6. The summed E-state index contributed by atoms with van der Waals surface area (Å²) in [6.45, 7) is 7.41. The number of thioether (sulfide) groups is 1. The van der Waals surface area contributed by atoms with E-state index in [0.717, 1.165) is 12.8 Å². The summed E-state index contributed by atoms with van der Waals surface area (Å²) in [5.41, 5.74) is 2.39. The number of aryl methyl sites for hydroxylation is 1. The first kappa shape index (κ1) is 17.3. The second kappa shape index (κ2) is 7.18. The van der Waals surface area contributed by atoms with Crippen molar-refractivity contribution >= 4 is 23.6 Å². The number of hydrogen-bond donors (Lipinski definition) is 0. The highest BCUT2D eigenvalue weighted by Crippen LogP contribution is 2.38. The summed E-state index contributed by atoms with van der Waals surface area (Å²) in [5, 5.41) is 0.0724. The Kier molecular flexibility index (Phi) is 5.18. The maximum atomic E-state index is 12.4. The van der Waals surface area contributed by atoms with Crippen molar-refractivity contribution in [2.75, 3.05) is 18.8 Å². The van der Waals surface area contributed by atoms with Crippen molar-refractivity contribution in [1.29, 1.82) is 0 Å². The van der Waals surface area contributed by atoms with Gasteiger partial charge in [-0.2, -0.15) is 0 Å². The van der Waals surface area contributed by atoms with Crippen LogP contribution in [-0.4, -0.2) is 46.5 Å². The van der Waals surface area contributed by atoms with Crippen molar-refractivity contribution in [2.45, 2.75) is 45.0 Å². The van der Waals surface area contributed by atoms with Crippen LogP contribution in [0.5, 0.6) is 0 Å². The van der Waals surface area contributed by atoms with Gasteiger partial charge >= 0.3 is 0 Å². The van der Waals surface area contributed by atoms with Crippen LogP contribution in [0.4, 0.5) is 0 Å². The smallest absolute Gasteiger partial charge is 0.233 e. The molecule has 1 aliphatic heterocycles. The maximum Gasteiger partial charge on any atom is 0.233 e. The van der Waals surface area contributed by atoms with Gasteiger partial charge in [-0.3, -0.25) is 9.59 Å². The number of amides is 2. The lowest BCUT2D eigenvalue weighted by atomic mass is 10.1. The topological polar surface area (TPSA) is 40.6 Å². The standard InChI is InChI=1S/C19H26N2O2S/c1-13(2)20(18(23)15-8-9-15)10-11-21-17(22)12-24-19(21)16-6-4-14(3)5-7-16/h4-7,13,15,19H,8-12H2,1-3H3. The monoisotopic (exact) mass is 346 g/mol. The van der Waals surface area contributed by atoms with Gasteiger partial charge in [0.2, 0.25) is 11.8 Å². The van der Waals surface area contributed by atoms with E-state index >= 15 is 0 Å². The molecule has 1 aliphatic carbocycles. The zero-order valence-electron chi connectivity index (χ0n) is 14.7. The molecule has 3 rings (SSSR count). The summed E-state index contributed by atoms with van der Waals surface area (Å²) < 4.78 is 0. The molecule has 1 aromatic carbocycles. The highest BCUT2D eigenvalue weighted by Gasteiger charge is 2.36. The molecule has 0 aromatic heterocycles. The molecule has 24 heavy (non-hydrogen) atoms. The molecule has 0 spiro atoms. The Balaban J connectivity index is 1.68. The van der Waals surface area contributed by atoms with E-state index in [0.29, 0.717) is 18.8 Å². The van der Waals surface area contributed by atoms with Crippen LogP contribution in [0, 0.1) is 12.8 Å². The van der Waals surface area contributed by atoms with E-state index in [1.165, 1.54) is 11.1 Å². The summed E-state index contributed by atoms with van der Waals surface area (Å²) >= 11 is 1.68. The average molecular weight is 346 g/mol. The summed E-state index contributed by atoms with van der Waals surface area (Å²) in [7, 11) is 0. The van der Waals surface area contributed by atoms with Crippen LogP contribution in [0.25, 0.3) is 0 Å². The highest BCUT2D eigenvalue weighted by molar-refractivity contribution is 8.00. The van der Waals surface area contributed by atoms with Crippen LogP contribution in [0.2, 0.25) is 0 Å². The highest BCUT2D eigenvalue weighted by atomic mass is 32.2. The summed E-state index contributed by atoms with van der Waals surface area (Å²) in [6, 6.07) is 8.57. The minimum atomic E-state index is 0.0724. The number of hydrogen-bond acceptors (Lipinski definition) is 3. The van der Waals surface area contributed by atoms with E-state index in [2.05, 4.69) is 45.0 Å². The van der Waals surface area contributed by atoms with Crippen LogP contribution in [0.15, 0.2) is 24.3 Å². The van der Waals surface area contributed by atoms with Crippen LogP contribution >= 0.6 is 11.8 Å². The SMILES string of the molecule is Cc1ccc(C2SCC(=O)N2CCN(C(=O)C2CC2)C(C)C)cc1. The minimum absolute atomic E-state index is 0.0724. The maximum absolute atomic E-state index is 12.4. The molecule has 130 valence electrons. The Bertz CT molecular complexity index is 610. The summed E-state index contributed by atoms with van der Waals surface area (Å²) in [4.78, 5) is 28.6. The van der Waals surface area contributed by atoms with E-state index in [1.54, 1.807) is 11.8 Å². The molecule has 2 aliphatic rings. The van der Waals surface area contributed by atoms with E-state index in [-0.39, 0.29) is 29.1 Å². The van der Waals surface area contributed by atoms with Crippen molar-refractivity contribution in [2.24, 2.45) is 5.92 Å². The molecule has 4 nitrogen and oxygen atoms in total. The third-order valence-corrected chi connectivity index (χ3v) is 6.00. The van der Waals surface area contributed by atoms with Crippen molar-refractivity contribution < 1.29 is 9.59 Å². The predicted octanol–water partition coefficient (Wildman–Crippen LogP) is 3.22.